The predicted molar refractivity (Wildman–Crippen MR) is 101 cm³/mol. The summed E-state index contributed by atoms with van der Waals surface area (Å²) in [5.74, 6) is 1.11. The Kier molecular flexibility index (Phi) is 5.48. The Morgan fingerprint density at radius 3 is 2.83 bits per heavy atom. The molecule has 1 unspecified atom stereocenters. The molecule has 3 aromatic rings. The SMILES string of the molecule is CCC(C)NC(=O)CSc1nc(-c2cccs2)nc2ccccc12. The number of carbonyl (C=O) groups is 1. The first kappa shape index (κ1) is 16.9. The molecule has 2 aromatic heterocycles. The van der Waals surface area contributed by atoms with Gasteiger partial charge in [-0.15, -0.1) is 11.3 Å². The minimum Gasteiger partial charge on any atom is -0.353 e. The number of amides is 1. The van der Waals surface area contributed by atoms with Gasteiger partial charge in [-0.3, -0.25) is 4.79 Å². The summed E-state index contributed by atoms with van der Waals surface area (Å²) in [6, 6.07) is 12.1. The maximum Gasteiger partial charge on any atom is 0.230 e. The van der Waals surface area contributed by atoms with Gasteiger partial charge in [0.25, 0.3) is 0 Å². The van der Waals surface area contributed by atoms with E-state index in [2.05, 4.69) is 17.2 Å². The summed E-state index contributed by atoms with van der Waals surface area (Å²) in [6.07, 6.45) is 0.926. The number of aromatic nitrogens is 2. The van der Waals surface area contributed by atoms with Crippen LogP contribution in [-0.4, -0.2) is 27.7 Å². The molecule has 2 heterocycles. The van der Waals surface area contributed by atoms with E-state index in [-0.39, 0.29) is 11.9 Å². The maximum atomic E-state index is 12.1. The summed E-state index contributed by atoms with van der Waals surface area (Å²) in [5.41, 5.74) is 0.903. The zero-order chi connectivity index (χ0) is 16.9. The van der Waals surface area contributed by atoms with Crippen LogP contribution in [0.25, 0.3) is 21.6 Å². The molecule has 1 N–H and O–H groups in total. The Balaban J connectivity index is 1.87. The van der Waals surface area contributed by atoms with Crippen molar-refractivity contribution < 1.29 is 4.79 Å². The number of hydrogen-bond acceptors (Lipinski definition) is 5. The lowest BCUT2D eigenvalue weighted by atomic mass is 10.2. The standard InChI is InChI=1S/C18H19N3OS2/c1-3-12(2)19-16(22)11-24-18-13-7-4-5-8-14(13)20-17(21-18)15-9-6-10-23-15/h4-10,12H,3,11H2,1-2H3,(H,19,22). The second kappa shape index (κ2) is 7.77. The number of para-hydroxylation sites is 1. The largest absolute Gasteiger partial charge is 0.353 e. The molecule has 1 amide bonds. The van der Waals surface area contributed by atoms with E-state index in [0.29, 0.717) is 11.6 Å². The molecule has 0 bridgehead atoms. The zero-order valence-corrected chi connectivity index (χ0v) is 15.3. The molecule has 0 spiro atoms. The molecule has 0 aliphatic rings. The normalized spacial score (nSPS) is 12.2. The second-order valence-corrected chi connectivity index (χ2v) is 7.42. The van der Waals surface area contributed by atoms with Crippen molar-refractivity contribution in [3.8, 4) is 10.7 Å². The van der Waals surface area contributed by atoms with Gasteiger partial charge >= 0.3 is 0 Å². The molecule has 0 saturated carbocycles. The van der Waals surface area contributed by atoms with Gasteiger partial charge in [0.15, 0.2) is 5.82 Å². The summed E-state index contributed by atoms with van der Waals surface area (Å²) in [7, 11) is 0. The molecular formula is C18H19N3OS2. The highest BCUT2D eigenvalue weighted by Gasteiger charge is 2.13. The lowest BCUT2D eigenvalue weighted by Crippen LogP contribution is -2.33. The van der Waals surface area contributed by atoms with Crippen LogP contribution in [0.5, 0.6) is 0 Å². The maximum absolute atomic E-state index is 12.1. The van der Waals surface area contributed by atoms with Gasteiger partial charge in [0.1, 0.15) is 5.03 Å². The van der Waals surface area contributed by atoms with E-state index in [4.69, 9.17) is 4.98 Å². The number of nitrogens with zero attached hydrogens (tertiary/aromatic N) is 2. The molecular weight excluding hydrogens is 338 g/mol. The first-order valence-electron chi connectivity index (χ1n) is 7.90. The van der Waals surface area contributed by atoms with Crippen LogP contribution < -0.4 is 5.32 Å². The molecule has 24 heavy (non-hydrogen) atoms. The highest BCUT2D eigenvalue weighted by Crippen LogP contribution is 2.29. The fourth-order valence-corrected chi connectivity index (χ4v) is 3.71. The molecule has 0 saturated heterocycles. The minimum atomic E-state index is 0.0368. The number of fused-ring (bicyclic) bond motifs is 1. The number of thiophene rings is 1. The van der Waals surface area contributed by atoms with E-state index in [0.717, 1.165) is 27.2 Å². The van der Waals surface area contributed by atoms with Crippen molar-refractivity contribution in [1.82, 2.24) is 15.3 Å². The fourth-order valence-electron chi connectivity index (χ4n) is 2.23. The van der Waals surface area contributed by atoms with Gasteiger partial charge in [0, 0.05) is 11.4 Å². The van der Waals surface area contributed by atoms with Crippen LogP contribution >= 0.6 is 23.1 Å². The Labute approximate surface area is 149 Å². The third-order valence-corrected chi connectivity index (χ3v) is 5.53. The molecule has 0 radical (unpaired) electrons. The number of thioether (sulfide) groups is 1. The summed E-state index contributed by atoms with van der Waals surface area (Å²) in [6.45, 7) is 4.07. The van der Waals surface area contributed by atoms with Gasteiger partial charge < -0.3 is 5.32 Å². The molecule has 4 nitrogen and oxygen atoms in total. The molecule has 0 aliphatic heterocycles. The van der Waals surface area contributed by atoms with Crippen molar-refractivity contribution >= 4 is 39.9 Å². The van der Waals surface area contributed by atoms with Crippen LogP contribution in [0.15, 0.2) is 46.8 Å². The monoisotopic (exact) mass is 357 g/mol. The molecule has 0 aliphatic carbocycles. The van der Waals surface area contributed by atoms with E-state index in [9.17, 15) is 4.79 Å². The first-order valence-corrected chi connectivity index (χ1v) is 9.76. The van der Waals surface area contributed by atoms with Gasteiger partial charge in [0.05, 0.1) is 16.1 Å². The average molecular weight is 358 g/mol. The molecule has 3 rings (SSSR count). The highest BCUT2D eigenvalue weighted by atomic mass is 32.2. The lowest BCUT2D eigenvalue weighted by Gasteiger charge is -2.11. The number of rotatable bonds is 6. The van der Waals surface area contributed by atoms with Crippen LogP contribution in [0.2, 0.25) is 0 Å². The van der Waals surface area contributed by atoms with Gasteiger partial charge in [-0.1, -0.05) is 43.0 Å². The molecule has 1 atom stereocenters. The summed E-state index contributed by atoms with van der Waals surface area (Å²) < 4.78 is 0. The number of carbonyl (C=O) groups excluding carboxylic acids is 1. The molecule has 6 heteroatoms. The third kappa shape index (κ3) is 3.94. The Bertz CT molecular complexity index is 833. The van der Waals surface area contributed by atoms with Crippen LogP contribution in [-0.2, 0) is 4.79 Å². The van der Waals surface area contributed by atoms with Crippen molar-refractivity contribution in [1.29, 1.82) is 0 Å². The molecule has 124 valence electrons. The van der Waals surface area contributed by atoms with Crippen molar-refractivity contribution in [2.24, 2.45) is 0 Å². The number of nitrogens with one attached hydrogen (secondary N) is 1. The van der Waals surface area contributed by atoms with Crippen molar-refractivity contribution in [2.75, 3.05) is 5.75 Å². The Hall–Kier alpha value is -1.92. The van der Waals surface area contributed by atoms with Crippen LogP contribution in [0.3, 0.4) is 0 Å². The first-order chi connectivity index (χ1) is 11.7. The van der Waals surface area contributed by atoms with Crippen LogP contribution in [0.1, 0.15) is 20.3 Å². The van der Waals surface area contributed by atoms with Crippen LogP contribution in [0.4, 0.5) is 0 Å². The average Bonchev–Trinajstić information content (AvgIpc) is 3.14. The van der Waals surface area contributed by atoms with Crippen molar-refractivity contribution in [2.45, 2.75) is 31.3 Å². The summed E-state index contributed by atoms with van der Waals surface area (Å²) in [4.78, 5) is 22.4. The molecule has 1 aromatic carbocycles. The Morgan fingerprint density at radius 1 is 1.25 bits per heavy atom. The van der Waals surface area contributed by atoms with Gasteiger partial charge in [-0.2, -0.15) is 0 Å². The Morgan fingerprint density at radius 2 is 2.08 bits per heavy atom. The fraction of sp³-hybridized carbons (Fsp3) is 0.278. The quantitative estimate of drug-likeness (QED) is 0.526. The topological polar surface area (TPSA) is 54.9 Å². The van der Waals surface area contributed by atoms with Gasteiger partial charge in [0.2, 0.25) is 5.91 Å². The van der Waals surface area contributed by atoms with Gasteiger partial charge in [-0.25, -0.2) is 9.97 Å². The predicted octanol–water partition coefficient (Wildman–Crippen LogP) is 4.37. The number of hydrogen-bond donors (Lipinski definition) is 1. The second-order valence-electron chi connectivity index (χ2n) is 5.51. The zero-order valence-electron chi connectivity index (χ0n) is 13.7. The highest BCUT2D eigenvalue weighted by molar-refractivity contribution is 8.00. The smallest absolute Gasteiger partial charge is 0.230 e. The van der Waals surface area contributed by atoms with Gasteiger partial charge in [-0.05, 0) is 30.9 Å². The van der Waals surface area contributed by atoms with E-state index in [1.807, 2.05) is 48.7 Å². The van der Waals surface area contributed by atoms with Crippen molar-refractivity contribution in [3.63, 3.8) is 0 Å². The third-order valence-electron chi connectivity index (χ3n) is 3.67. The van der Waals surface area contributed by atoms with E-state index >= 15 is 0 Å². The summed E-state index contributed by atoms with van der Waals surface area (Å²) in [5, 5.41) is 6.84. The van der Waals surface area contributed by atoms with Crippen molar-refractivity contribution in [3.05, 3.63) is 41.8 Å². The minimum absolute atomic E-state index is 0.0368. The van der Waals surface area contributed by atoms with E-state index in [1.165, 1.54) is 11.8 Å². The molecule has 0 fully saturated rings. The number of benzene rings is 1. The van der Waals surface area contributed by atoms with E-state index in [1.54, 1.807) is 11.3 Å². The lowest BCUT2D eigenvalue weighted by molar-refractivity contribution is -0.119. The van der Waals surface area contributed by atoms with E-state index < -0.39 is 0 Å². The summed E-state index contributed by atoms with van der Waals surface area (Å²) >= 11 is 3.08. The van der Waals surface area contributed by atoms with Crippen LogP contribution in [0, 0.1) is 0 Å².